The predicted molar refractivity (Wildman–Crippen MR) is 110 cm³/mol. The normalized spacial score (nSPS) is 10.2. The number of carbonyl (C=O) groups is 2. The Morgan fingerprint density at radius 1 is 0.800 bits per heavy atom. The highest BCUT2D eigenvalue weighted by Gasteiger charge is 2.16. The quantitative estimate of drug-likeness (QED) is 0.302. The van der Waals surface area contributed by atoms with Crippen LogP contribution in [0.25, 0.3) is 10.8 Å². The Morgan fingerprint density at radius 2 is 1.37 bits per heavy atom. The number of fused-ring (bicyclic) bond motifs is 1. The van der Waals surface area contributed by atoms with E-state index in [1.165, 1.54) is 0 Å². The molecule has 8 heteroatoms. The zero-order chi connectivity index (χ0) is 21.8. The van der Waals surface area contributed by atoms with Gasteiger partial charge in [0.1, 0.15) is 38.8 Å². The Kier molecular flexibility index (Phi) is 9.20. The molecule has 0 spiro atoms. The number of aliphatic hydroxyl groups excluding tert-OH is 1. The molecule has 0 bridgehead atoms. The minimum Gasteiger partial charge on any atom is -0.489 e. The van der Waals surface area contributed by atoms with Crippen molar-refractivity contribution in [3.63, 3.8) is 0 Å². The van der Waals surface area contributed by atoms with Crippen LogP contribution in [0.2, 0.25) is 0 Å². The van der Waals surface area contributed by atoms with Crippen LogP contribution in [0.5, 0.6) is 17.2 Å². The molecule has 0 aliphatic rings. The molecule has 0 saturated carbocycles. The molecule has 1 N–H and O–H groups in total. The molecule has 160 valence electrons. The highest BCUT2D eigenvalue weighted by atomic mass is 16.6. The van der Waals surface area contributed by atoms with Crippen LogP contribution in [0.15, 0.2) is 55.6 Å². The summed E-state index contributed by atoms with van der Waals surface area (Å²) in [5.41, 5.74) is 0. The van der Waals surface area contributed by atoms with Crippen molar-refractivity contribution in [1.82, 2.24) is 0 Å². The van der Waals surface area contributed by atoms with Crippen LogP contribution >= 0.6 is 0 Å². The molecule has 0 fully saturated rings. The third kappa shape index (κ3) is 6.52. The molecule has 30 heavy (non-hydrogen) atoms. The average molecular weight is 416 g/mol. The molecule has 0 radical (unpaired) electrons. The highest BCUT2D eigenvalue weighted by Crippen LogP contribution is 2.41. The minimum atomic E-state index is -0.541. The van der Waals surface area contributed by atoms with E-state index in [9.17, 15) is 9.59 Å². The average Bonchev–Trinajstić information content (AvgIpc) is 2.78. The second-order valence-corrected chi connectivity index (χ2v) is 5.76. The van der Waals surface area contributed by atoms with Gasteiger partial charge in [0.15, 0.2) is 11.5 Å². The number of esters is 2. The van der Waals surface area contributed by atoms with Crippen LogP contribution in [0.3, 0.4) is 0 Å². The minimum absolute atomic E-state index is 0.0333. The maximum absolute atomic E-state index is 11.2. The molecule has 8 nitrogen and oxygen atoms in total. The van der Waals surface area contributed by atoms with E-state index < -0.39 is 11.9 Å². The van der Waals surface area contributed by atoms with Gasteiger partial charge in [0.25, 0.3) is 0 Å². The SMILES string of the molecule is C=CC(=O)OCCOc1cc(OCCO)c(OCCOC(=O)C=C)c2ccccc12. The monoisotopic (exact) mass is 416 g/mol. The molecule has 2 aromatic rings. The lowest BCUT2D eigenvalue weighted by Gasteiger charge is -2.18. The topological polar surface area (TPSA) is 101 Å². The fourth-order valence-electron chi connectivity index (χ4n) is 2.52. The van der Waals surface area contributed by atoms with Crippen molar-refractivity contribution in [2.24, 2.45) is 0 Å². The van der Waals surface area contributed by atoms with Gasteiger partial charge < -0.3 is 28.8 Å². The molecule has 0 aromatic heterocycles. The van der Waals surface area contributed by atoms with Crippen LogP contribution < -0.4 is 14.2 Å². The van der Waals surface area contributed by atoms with E-state index in [0.717, 1.165) is 17.5 Å². The summed E-state index contributed by atoms with van der Waals surface area (Å²) < 4.78 is 27.1. The summed E-state index contributed by atoms with van der Waals surface area (Å²) in [5, 5.41) is 10.6. The molecule has 0 amide bonds. The number of rotatable bonds is 13. The molecule has 0 aliphatic heterocycles. The number of carbonyl (C=O) groups excluding carboxylic acids is 2. The van der Waals surface area contributed by atoms with E-state index in [1.54, 1.807) is 6.07 Å². The van der Waals surface area contributed by atoms with E-state index in [2.05, 4.69) is 13.2 Å². The summed E-state index contributed by atoms with van der Waals surface area (Å²) in [6, 6.07) is 8.99. The van der Waals surface area contributed by atoms with Crippen LogP contribution in [0.1, 0.15) is 0 Å². The Balaban J connectivity index is 2.23. The van der Waals surface area contributed by atoms with Gasteiger partial charge in [-0.15, -0.1) is 0 Å². The summed E-state index contributed by atoms with van der Waals surface area (Å²) in [6.45, 7) is 6.85. The lowest BCUT2D eigenvalue weighted by Crippen LogP contribution is -2.12. The van der Waals surface area contributed by atoms with E-state index >= 15 is 0 Å². The first-order chi connectivity index (χ1) is 14.6. The summed E-state index contributed by atoms with van der Waals surface area (Å²) in [5.74, 6) is 0.214. The summed E-state index contributed by atoms with van der Waals surface area (Å²) in [6.07, 6.45) is 2.15. The Morgan fingerprint density at radius 3 is 1.97 bits per heavy atom. The maximum Gasteiger partial charge on any atom is 0.330 e. The lowest BCUT2D eigenvalue weighted by atomic mass is 10.1. The van der Waals surface area contributed by atoms with Gasteiger partial charge in [-0.1, -0.05) is 37.4 Å². The Labute approximate surface area is 174 Å². The van der Waals surface area contributed by atoms with Gasteiger partial charge in [0.2, 0.25) is 0 Å². The fourth-order valence-corrected chi connectivity index (χ4v) is 2.52. The first-order valence-electron chi connectivity index (χ1n) is 9.24. The first kappa shape index (κ1) is 22.8. The van der Waals surface area contributed by atoms with Crippen molar-refractivity contribution in [2.45, 2.75) is 0 Å². The Bertz CT molecular complexity index is 890. The summed E-state index contributed by atoms with van der Waals surface area (Å²) in [7, 11) is 0. The summed E-state index contributed by atoms with van der Waals surface area (Å²) >= 11 is 0. The zero-order valence-corrected chi connectivity index (χ0v) is 16.5. The standard InChI is InChI=1S/C22H24O8/c1-3-20(24)28-12-11-27-18-15-19(26-10-9-23)22(17-8-6-5-7-16(17)18)30-14-13-29-21(25)4-2/h3-8,15,23H,1-2,9-14H2. The van der Waals surface area contributed by atoms with Gasteiger partial charge in [0, 0.05) is 29.0 Å². The third-order valence-corrected chi connectivity index (χ3v) is 3.76. The van der Waals surface area contributed by atoms with Crippen molar-refractivity contribution in [3.8, 4) is 17.2 Å². The van der Waals surface area contributed by atoms with Crippen molar-refractivity contribution in [1.29, 1.82) is 0 Å². The second kappa shape index (κ2) is 12.1. The molecule has 0 atom stereocenters. The largest absolute Gasteiger partial charge is 0.489 e. The van der Waals surface area contributed by atoms with E-state index in [-0.39, 0.29) is 39.6 Å². The maximum atomic E-state index is 11.2. The highest BCUT2D eigenvalue weighted by molar-refractivity contribution is 5.95. The number of benzene rings is 2. The van der Waals surface area contributed by atoms with Crippen molar-refractivity contribution >= 4 is 22.7 Å². The number of hydrogen-bond donors (Lipinski definition) is 1. The van der Waals surface area contributed by atoms with Crippen molar-refractivity contribution < 1.29 is 38.4 Å². The van der Waals surface area contributed by atoms with Crippen LogP contribution in [-0.4, -0.2) is 56.7 Å². The van der Waals surface area contributed by atoms with Crippen molar-refractivity contribution in [2.75, 3.05) is 39.6 Å². The second-order valence-electron chi connectivity index (χ2n) is 5.76. The van der Waals surface area contributed by atoms with Gasteiger partial charge in [-0.25, -0.2) is 9.59 Å². The van der Waals surface area contributed by atoms with Gasteiger partial charge in [-0.3, -0.25) is 0 Å². The van der Waals surface area contributed by atoms with Crippen molar-refractivity contribution in [3.05, 3.63) is 55.6 Å². The molecule has 0 saturated heterocycles. The Hall–Kier alpha value is -3.52. The smallest absolute Gasteiger partial charge is 0.330 e. The molecular formula is C22H24O8. The lowest BCUT2D eigenvalue weighted by molar-refractivity contribution is -0.139. The van der Waals surface area contributed by atoms with Gasteiger partial charge in [-0.05, 0) is 0 Å². The first-order valence-corrected chi connectivity index (χ1v) is 9.24. The van der Waals surface area contributed by atoms with E-state index in [1.807, 2.05) is 24.3 Å². The number of aliphatic hydroxyl groups is 1. The predicted octanol–water partition coefficient (Wildman–Crippen LogP) is 2.43. The van der Waals surface area contributed by atoms with E-state index in [4.69, 9.17) is 28.8 Å². The van der Waals surface area contributed by atoms with Crippen LogP contribution in [0, 0.1) is 0 Å². The fraction of sp³-hybridized carbons (Fsp3) is 0.273. The van der Waals surface area contributed by atoms with E-state index in [0.29, 0.717) is 22.6 Å². The third-order valence-electron chi connectivity index (χ3n) is 3.76. The van der Waals surface area contributed by atoms with Crippen LogP contribution in [-0.2, 0) is 19.1 Å². The van der Waals surface area contributed by atoms with Crippen LogP contribution in [0.4, 0.5) is 0 Å². The summed E-state index contributed by atoms with van der Waals surface area (Å²) in [4.78, 5) is 22.3. The number of hydrogen-bond acceptors (Lipinski definition) is 8. The molecular weight excluding hydrogens is 392 g/mol. The molecule has 0 heterocycles. The molecule has 2 aromatic carbocycles. The van der Waals surface area contributed by atoms with Gasteiger partial charge in [-0.2, -0.15) is 0 Å². The number of ether oxygens (including phenoxy) is 5. The van der Waals surface area contributed by atoms with Gasteiger partial charge in [0.05, 0.1) is 6.61 Å². The molecule has 0 unspecified atom stereocenters. The zero-order valence-electron chi connectivity index (χ0n) is 16.5. The van der Waals surface area contributed by atoms with Gasteiger partial charge >= 0.3 is 11.9 Å². The molecule has 2 rings (SSSR count). The molecule has 0 aliphatic carbocycles.